The monoisotopic (exact) mass is 239 g/mol. The van der Waals surface area contributed by atoms with Crippen molar-refractivity contribution in [2.45, 2.75) is 0 Å². The lowest BCUT2D eigenvalue weighted by molar-refractivity contribution is 0.178. The van der Waals surface area contributed by atoms with Gasteiger partial charge in [-0.1, -0.05) is 0 Å². The zero-order valence-electron chi connectivity index (χ0n) is 8.66. The first kappa shape index (κ1) is 11.0. The Morgan fingerprint density at radius 2 is 1.82 bits per heavy atom. The molecular weight excluding hydrogens is 230 g/mol. The van der Waals surface area contributed by atoms with Gasteiger partial charge >= 0.3 is 6.09 Å². The number of carbonyl (C=O) groups excluding carboxylic acids is 1. The number of hydrogen-bond acceptors (Lipinski definition) is 7. The zero-order chi connectivity index (χ0) is 11.9. The molecule has 3 heterocycles. The summed E-state index contributed by atoms with van der Waals surface area (Å²) in [7, 11) is 0. The molecule has 0 aliphatic carbocycles. The minimum Gasteiger partial charge on any atom is -0.448 e. The Kier molecular flexibility index (Phi) is 3.58. The van der Waals surface area contributed by atoms with Gasteiger partial charge < -0.3 is 23.8 Å². The van der Waals surface area contributed by atoms with E-state index >= 15 is 0 Å². The fourth-order valence-corrected chi connectivity index (χ4v) is 0.963. The van der Waals surface area contributed by atoms with Crippen LogP contribution in [0.15, 0.2) is 33.7 Å². The van der Waals surface area contributed by atoms with E-state index in [2.05, 4.69) is 29.4 Å². The van der Waals surface area contributed by atoms with Crippen molar-refractivity contribution in [1.82, 2.24) is 15.6 Å². The second-order valence-electron chi connectivity index (χ2n) is 2.84. The molecule has 2 aromatic rings. The molecule has 90 valence electrons. The summed E-state index contributed by atoms with van der Waals surface area (Å²) >= 11 is 0. The Bertz CT molecular complexity index is 399. The van der Waals surface area contributed by atoms with E-state index in [0.717, 1.165) is 0 Å². The second-order valence-corrected chi connectivity index (χ2v) is 2.84. The van der Waals surface area contributed by atoms with Gasteiger partial charge in [-0.2, -0.15) is 0 Å². The average Bonchev–Trinajstić information content (AvgIpc) is 3.02. The number of aromatic nitrogens is 2. The number of carbonyl (C=O) groups is 1. The number of amides is 1. The maximum Gasteiger partial charge on any atom is 0.407 e. The van der Waals surface area contributed by atoms with Gasteiger partial charge in [0.05, 0.1) is 6.54 Å². The molecule has 1 amide bonds. The maximum atomic E-state index is 9.91. The minimum atomic E-state index is -0.296. The van der Waals surface area contributed by atoms with Crippen molar-refractivity contribution in [1.29, 1.82) is 0 Å². The Hall–Kier alpha value is -2.51. The summed E-state index contributed by atoms with van der Waals surface area (Å²) in [5.41, 5.74) is 0. The first-order valence-electron chi connectivity index (χ1n) is 4.74. The predicted octanol–water partition coefficient (Wildman–Crippen LogP) is 1.18. The third-order valence-corrected chi connectivity index (χ3v) is 1.64. The lowest BCUT2D eigenvalue weighted by atomic mass is 10.7. The maximum absolute atomic E-state index is 9.91. The van der Waals surface area contributed by atoms with Gasteiger partial charge in [-0.05, 0) is 10.3 Å². The molecule has 1 aliphatic heterocycles. The Balaban J connectivity index is 0.000000153. The van der Waals surface area contributed by atoms with Crippen LogP contribution in [0.1, 0.15) is 0 Å². The van der Waals surface area contributed by atoms with Gasteiger partial charge in [0.2, 0.25) is 0 Å². The van der Waals surface area contributed by atoms with Crippen molar-refractivity contribution in [3.63, 3.8) is 0 Å². The van der Waals surface area contributed by atoms with Crippen molar-refractivity contribution in [2.24, 2.45) is 0 Å². The van der Waals surface area contributed by atoms with Gasteiger partial charge in [-0.25, -0.2) is 4.79 Å². The fraction of sp³-hybridized carbons (Fsp3) is 0.222. The quantitative estimate of drug-likeness (QED) is 0.839. The van der Waals surface area contributed by atoms with Gasteiger partial charge in [0.25, 0.3) is 11.8 Å². The number of nitrogens with zero attached hydrogens (tertiary/aromatic N) is 2. The van der Waals surface area contributed by atoms with E-state index in [1.54, 1.807) is 12.1 Å². The summed E-state index contributed by atoms with van der Waals surface area (Å²) in [5, 5.41) is 9.48. The zero-order valence-corrected chi connectivity index (χ0v) is 8.66. The van der Waals surface area contributed by atoms with Crippen molar-refractivity contribution in [3.05, 3.63) is 24.7 Å². The van der Waals surface area contributed by atoms with Gasteiger partial charge in [-0.3, -0.25) is 0 Å². The molecule has 0 aromatic carbocycles. The van der Waals surface area contributed by atoms with Crippen LogP contribution in [0.5, 0.6) is 11.8 Å². The molecule has 1 N–H and O–H groups in total. The highest BCUT2D eigenvalue weighted by Crippen LogP contribution is 2.15. The van der Waals surface area contributed by atoms with Crippen LogP contribution in [0.25, 0.3) is 0 Å². The van der Waals surface area contributed by atoms with Crippen molar-refractivity contribution in [3.8, 4) is 11.8 Å². The third-order valence-electron chi connectivity index (χ3n) is 1.64. The summed E-state index contributed by atoms with van der Waals surface area (Å²) in [6.45, 7) is 1.19. The fourth-order valence-electron chi connectivity index (χ4n) is 0.963. The van der Waals surface area contributed by atoms with Gasteiger partial charge in [0.15, 0.2) is 0 Å². The Morgan fingerprint density at radius 1 is 1.18 bits per heavy atom. The smallest absolute Gasteiger partial charge is 0.407 e. The van der Waals surface area contributed by atoms with Gasteiger partial charge in [0.1, 0.15) is 19.1 Å². The molecule has 1 fully saturated rings. The highest BCUT2D eigenvalue weighted by Gasteiger charge is 2.06. The highest BCUT2D eigenvalue weighted by atomic mass is 16.6. The topological polar surface area (TPSA) is 99.6 Å². The molecule has 2 aromatic heterocycles. The summed E-state index contributed by atoms with van der Waals surface area (Å²) in [4.78, 5) is 9.91. The summed E-state index contributed by atoms with van der Waals surface area (Å²) in [6, 6.07) is 3.16. The minimum absolute atomic E-state index is 0.296. The molecule has 8 nitrogen and oxygen atoms in total. The van der Waals surface area contributed by atoms with Crippen LogP contribution in [-0.4, -0.2) is 29.6 Å². The molecule has 0 saturated carbocycles. The van der Waals surface area contributed by atoms with Crippen LogP contribution in [0.2, 0.25) is 0 Å². The first-order chi connectivity index (χ1) is 8.34. The lowest BCUT2D eigenvalue weighted by Crippen LogP contribution is -2.11. The van der Waals surface area contributed by atoms with E-state index in [1.165, 1.54) is 12.5 Å². The molecule has 0 radical (unpaired) electrons. The van der Waals surface area contributed by atoms with Gasteiger partial charge in [0, 0.05) is 12.1 Å². The second kappa shape index (κ2) is 5.54. The van der Waals surface area contributed by atoms with Crippen LogP contribution in [0.4, 0.5) is 4.79 Å². The van der Waals surface area contributed by atoms with E-state index in [1.807, 2.05) is 0 Å². The Morgan fingerprint density at radius 3 is 2.12 bits per heavy atom. The number of cyclic esters (lactones) is 1. The van der Waals surface area contributed by atoms with E-state index in [4.69, 9.17) is 4.74 Å². The normalized spacial score (nSPS) is 13.3. The molecule has 0 atom stereocenters. The van der Waals surface area contributed by atoms with Crippen molar-refractivity contribution < 1.29 is 23.3 Å². The first-order valence-corrected chi connectivity index (χ1v) is 4.74. The third kappa shape index (κ3) is 3.52. The number of ether oxygens (including phenoxy) is 2. The number of alkyl carbamates (subject to hydrolysis) is 1. The highest BCUT2D eigenvalue weighted by molar-refractivity contribution is 5.68. The molecule has 3 rings (SSSR count). The lowest BCUT2D eigenvalue weighted by Gasteiger charge is -1.90. The van der Waals surface area contributed by atoms with Crippen molar-refractivity contribution >= 4 is 6.09 Å². The summed E-state index contributed by atoms with van der Waals surface area (Å²) in [6.07, 6.45) is 2.53. The van der Waals surface area contributed by atoms with E-state index in [9.17, 15) is 4.79 Å². The molecule has 8 heteroatoms. The van der Waals surface area contributed by atoms with E-state index in [-0.39, 0.29) is 6.09 Å². The summed E-state index contributed by atoms with van der Waals surface area (Å²) < 4.78 is 18.5. The van der Waals surface area contributed by atoms with Crippen LogP contribution in [0, 0.1) is 0 Å². The molecule has 17 heavy (non-hydrogen) atoms. The predicted molar refractivity (Wildman–Crippen MR) is 52.4 cm³/mol. The van der Waals surface area contributed by atoms with Crippen LogP contribution in [0.3, 0.4) is 0 Å². The molecule has 0 bridgehead atoms. The van der Waals surface area contributed by atoms with Crippen LogP contribution < -0.4 is 10.1 Å². The molecule has 1 saturated heterocycles. The number of rotatable bonds is 2. The SMILES string of the molecule is O=C1NCCO1.c1cc(Oc2ccon2)no1. The largest absolute Gasteiger partial charge is 0.448 e. The van der Waals surface area contributed by atoms with Crippen molar-refractivity contribution in [2.75, 3.05) is 13.2 Å². The average molecular weight is 239 g/mol. The standard InChI is InChI=1S/C6H4N2O3.C3H5NO2/c1-3-9-7-5(1)11-6-2-4-10-8-6;5-3-4-1-2-6-3/h1-4H;1-2H2,(H,4,5). The Labute approximate surface area is 95.5 Å². The molecule has 0 spiro atoms. The summed E-state index contributed by atoms with van der Waals surface area (Å²) in [5.74, 6) is 0.720. The van der Waals surface area contributed by atoms with Crippen LogP contribution >= 0.6 is 0 Å². The van der Waals surface area contributed by atoms with E-state index in [0.29, 0.717) is 24.9 Å². The number of nitrogens with one attached hydrogen (secondary N) is 1. The molecule has 1 aliphatic rings. The van der Waals surface area contributed by atoms with Gasteiger partial charge in [-0.15, -0.1) is 0 Å². The van der Waals surface area contributed by atoms with E-state index < -0.39 is 0 Å². The molecule has 0 unspecified atom stereocenters. The molecular formula is C9H9N3O5. The van der Waals surface area contributed by atoms with Crippen LogP contribution in [-0.2, 0) is 4.74 Å². The number of hydrogen-bond donors (Lipinski definition) is 1.